The summed E-state index contributed by atoms with van der Waals surface area (Å²) < 4.78 is 0. The van der Waals surface area contributed by atoms with Gasteiger partial charge in [0.2, 0.25) is 0 Å². The predicted molar refractivity (Wildman–Crippen MR) is 82.6 cm³/mol. The highest BCUT2D eigenvalue weighted by Gasteiger charge is 2.29. The Morgan fingerprint density at radius 3 is 2.53 bits per heavy atom. The topological polar surface area (TPSA) is 24.9 Å². The average molecular weight is 281 g/mol. The zero-order valence-electron chi connectivity index (χ0n) is 12.2. The Hall–Kier alpha value is -0.760. The summed E-state index contributed by atoms with van der Waals surface area (Å²) in [5.41, 5.74) is 1.42. The summed E-state index contributed by atoms with van der Waals surface area (Å²) in [6, 6.07) is 3.92. The summed E-state index contributed by atoms with van der Waals surface area (Å²) in [4.78, 5) is 4.09. The molecule has 0 aliphatic heterocycles. The molecule has 19 heavy (non-hydrogen) atoms. The zero-order chi connectivity index (χ0) is 13.9. The Morgan fingerprint density at radius 1 is 1.26 bits per heavy atom. The first kappa shape index (κ1) is 14.6. The Kier molecular flexibility index (Phi) is 4.72. The van der Waals surface area contributed by atoms with Crippen LogP contribution in [0.1, 0.15) is 46.5 Å². The molecule has 2 rings (SSSR count). The fraction of sp³-hybridized carbons (Fsp3) is 0.688. The molecule has 1 heterocycles. The SMILES string of the molecule is CC(C)(C)C1CCC(CNc2cccnc2Cl)CC1. The lowest BCUT2D eigenvalue weighted by atomic mass is 9.70. The molecule has 0 spiro atoms. The van der Waals surface area contributed by atoms with Gasteiger partial charge in [0.15, 0.2) is 5.15 Å². The van der Waals surface area contributed by atoms with Gasteiger partial charge in [0, 0.05) is 12.7 Å². The highest BCUT2D eigenvalue weighted by molar-refractivity contribution is 6.31. The number of nitrogens with zero attached hydrogens (tertiary/aromatic N) is 1. The molecular formula is C16H25ClN2. The van der Waals surface area contributed by atoms with Gasteiger partial charge in [-0.05, 0) is 55.1 Å². The number of anilines is 1. The van der Waals surface area contributed by atoms with E-state index < -0.39 is 0 Å². The van der Waals surface area contributed by atoms with E-state index in [1.807, 2.05) is 12.1 Å². The number of pyridine rings is 1. The van der Waals surface area contributed by atoms with Crippen molar-refractivity contribution in [3.05, 3.63) is 23.5 Å². The molecule has 1 N–H and O–H groups in total. The van der Waals surface area contributed by atoms with E-state index >= 15 is 0 Å². The van der Waals surface area contributed by atoms with Gasteiger partial charge in [-0.2, -0.15) is 0 Å². The first-order valence-electron chi connectivity index (χ1n) is 7.31. The smallest absolute Gasteiger partial charge is 0.152 e. The van der Waals surface area contributed by atoms with E-state index in [-0.39, 0.29) is 0 Å². The third-order valence-electron chi connectivity index (χ3n) is 4.41. The molecular weight excluding hydrogens is 256 g/mol. The molecule has 1 aliphatic carbocycles. The van der Waals surface area contributed by atoms with Crippen LogP contribution < -0.4 is 5.32 Å². The maximum Gasteiger partial charge on any atom is 0.152 e. The zero-order valence-corrected chi connectivity index (χ0v) is 13.0. The van der Waals surface area contributed by atoms with Crippen LogP contribution >= 0.6 is 11.6 Å². The first-order chi connectivity index (χ1) is 8.97. The van der Waals surface area contributed by atoms with Crippen LogP contribution in [0.25, 0.3) is 0 Å². The van der Waals surface area contributed by atoms with Crippen LogP contribution in [0, 0.1) is 17.3 Å². The molecule has 1 aliphatic rings. The molecule has 1 aromatic heterocycles. The standard InChI is InChI=1S/C16H25ClN2/c1-16(2,3)13-8-6-12(7-9-13)11-19-14-5-4-10-18-15(14)17/h4-5,10,12-13,19H,6-9,11H2,1-3H3. The molecule has 1 saturated carbocycles. The summed E-state index contributed by atoms with van der Waals surface area (Å²) in [6.07, 6.45) is 7.09. The summed E-state index contributed by atoms with van der Waals surface area (Å²) >= 11 is 6.05. The molecule has 0 atom stereocenters. The van der Waals surface area contributed by atoms with Gasteiger partial charge in [-0.25, -0.2) is 4.98 Å². The van der Waals surface area contributed by atoms with Crippen molar-refractivity contribution in [3.8, 4) is 0 Å². The predicted octanol–water partition coefficient (Wildman–Crippen LogP) is 5.00. The highest BCUT2D eigenvalue weighted by Crippen LogP contribution is 2.39. The van der Waals surface area contributed by atoms with Crippen LogP contribution in [0.5, 0.6) is 0 Å². The van der Waals surface area contributed by atoms with Crippen molar-refractivity contribution in [2.45, 2.75) is 46.5 Å². The molecule has 0 saturated heterocycles. The van der Waals surface area contributed by atoms with Crippen molar-refractivity contribution in [1.82, 2.24) is 4.98 Å². The van der Waals surface area contributed by atoms with Gasteiger partial charge >= 0.3 is 0 Å². The Bertz CT molecular complexity index is 403. The minimum absolute atomic E-state index is 0.463. The lowest BCUT2D eigenvalue weighted by molar-refractivity contribution is 0.153. The molecule has 0 bridgehead atoms. The van der Waals surface area contributed by atoms with Crippen LogP contribution in [0.15, 0.2) is 18.3 Å². The van der Waals surface area contributed by atoms with Gasteiger partial charge in [-0.1, -0.05) is 32.4 Å². The summed E-state index contributed by atoms with van der Waals surface area (Å²) in [5, 5.41) is 4.02. The Morgan fingerprint density at radius 2 is 1.95 bits per heavy atom. The van der Waals surface area contributed by atoms with E-state index in [4.69, 9.17) is 11.6 Å². The molecule has 1 aromatic rings. The molecule has 0 aromatic carbocycles. The minimum Gasteiger partial charge on any atom is -0.382 e. The van der Waals surface area contributed by atoms with Gasteiger partial charge < -0.3 is 5.32 Å². The number of aromatic nitrogens is 1. The van der Waals surface area contributed by atoms with Crippen LogP contribution in [0.2, 0.25) is 5.15 Å². The van der Waals surface area contributed by atoms with Crippen molar-refractivity contribution in [2.75, 3.05) is 11.9 Å². The quantitative estimate of drug-likeness (QED) is 0.788. The van der Waals surface area contributed by atoms with Crippen LogP contribution in [0.4, 0.5) is 5.69 Å². The third-order valence-corrected chi connectivity index (χ3v) is 4.71. The van der Waals surface area contributed by atoms with Crippen molar-refractivity contribution in [2.24, 2.45) is 17.3 Å². The number of hydrogen-bond donors (Lipinski definition) is 1. The summed E-state index contributed by atoms with van der Waals surface area (Å²) in [5.74, 6) is 1.65. The van der Waals surface area contributed by atoms with E-state index in [1.165, 1.54) is 25.7 Å². The first-order valence-corrected chi connectivity index (χ1v) is 7.69. The lowest BCUT2D eigenvalue weighted by Crippen LogP contribution is -2.28. The molecule has 0 unspecified atom stereocenters. The van der Waals surface area contributed by atoms with Crippen LogP contribution in [-0.2, 0) is 0 Å². The molecule has 0 radical (unpaired) electrons. The van der Waals surface area contributed by atoms with Gasteiger partial charge in [-0.15, -0.1) is 0 Å². The fourth-order valence-corrected chi connectivity index (χ4v) is 3.19. The number of rotatable bonds is 3. The Balaban J connectivity index is 1.79. The van der Waals surface area contributed by atoms with Crippen molar-refractivity contribution < 1.29 is 0 Å². The van der Waals surface area contributed by atoms with E-state index in [0.29, 0.717) is 10.6 Å². The second kappa shape index (κ2) is 6.13. The van der Waals surface area contributed by atoms with Gasteiger partial charge in [0.05, 0.1) is 5.69 Å². The fourth-order valence-electron chi connectivity index (χ4n) is 3.00. The van der Waals surface area contributed by atoms with E-state index in [9.17, 15) is 0 Å². The normalized spacial score (nSPS) is 24.2. The van der Waals surface area contributed by atoms with Gasteiger partial charge in [-0.3, -0.25) is 0 Å². The van der Waals surface area contributed by atoms with Gasteiger partial charge in [0.1, 0.15) is 0 Å². The summed E-state index contributed by atoms with van der Waals surface area (Å²) in [7, 11) is 0. The summed E-state index contributed by atoms with van der Waals surface area (Å²) in [6.45, 7) is 8.12. The monoisotopic (exact) mass is 280 g/mol. The largest absolute Gasteiger partial charge is 0.382 e. The molecule has 2 nitrogen and oxygen atoms in total. The van der Waals surface area contributed by atoms with Crippen LogP contribution in [-0.4, -0.2) is 11.5 Å². The van der Waals surface area contributed by atoms with Crippen LogP contribution in [0.3, 0.4) is 0 Å². The van der Waals surface area contributed by atoms with E-state index in [2.05, 4.69) is 31.1 Å². The third kappa shape index (κ3) is 4.10. The molecule has 1 fully saturated rings. The van der Waals surface area contributed by atoms with Crippen molar-refractivity contribution in [3.63, 3.8) is 0 Å². The van der Waals surface area contributed by atoms with Crippen molar-refractivity contribution >= 4 is 17.3 Å². The molecule has 3 heteroatoms. The molecule has 0 amide bonds. The maximum atomic E-state index is 6.05. The second-order valence-corrected chi connectivity index (χ2v) is 7.16. The van der Waals surface area contributed by atoms with E-state index in [1.54, 1.807) is 6.20 Å². The second-order valence-electron chi connectivity index (χ2n) is 6.81. The van der Waals surface area contributed by atoms with E-state index in [0.717, 1.165) is 24.1 Å². The number of halogens is 1. The van der Waals surface area contributed by atoms with Gasteiger partial charge in [0.25, 0.3) is 0 Å². The minimum atomic E-state index is 0.463. The highest BCUT2D eigenvalue weighted by atomic mass is 35.5. The number of nitrogens with one attached hydrogen (secondary N) is 1. The number of hydrogen-bond acceptors (Lipinski definition) is 2. The molecule has 106 valence electrons. The maximum absolute atomic E-state index is 6.05. The lowest BCUT2D eigenvalue weighted by Gasteiger charge is -2.37. The Labute approximate surface area is 122 Å². The van der Waals surface area contributed by atoms with Crippen molar-refractivity contribution in [1.29, 1.82) is 0 Å². The average Bonchev–Trinajstić information content (AvgIpc) is 2.37.